The molecule has 23 heavy (non-hydrogen) atoms. The molecule has 0 saturated carbocycles. The fourth-order valence-corrected chi connectivity index (χ4v) is 2.89. The molecule has 2 heterocycles. The summed E-state index contributed by atoms with van der Waals surface area (Å²) in [6.07, 6.45) is 2.21. The third-order valence-corrected chi connectivity index (χ3v) is 4.08. The highest BCUT2D eigenvalue weighted by molar-refractivity contribution is 5.77. The van der Waals surface area contributed by atoms with Crippen LogP contribution in [0.2, 0.25) is 0 Å². The van der Waals surface area contributed by atoms with Gasteiger partial charge in [0.15, 0.2) is 0 Å². The van der Waals surface area contributed by atoms with Gasteiger partial charge in [-0.3, -0.25) is 0 Å². The first-order valence-electron chi connectivity index (χ1n) is 7.75. The Morgan fingerprint density at radius 1 is 0.957 bits per heavy atom. The maximum absolute atomic E-state index is 4.55. The lowest BCUT2D eigenvalue weighted by Crippen LogP contribution is -2.20. The SMILES string of the molecule is Cc1ccc(C2=CC(c3ccccc3)n3nc(C)nc3N2)cc1. The van der Waals surface area contributed by atoms with Gasteiger partial charge in [0.25, 0.3) is 0 Å². The van der Waals surface area contributed by atoms with Crippen LogP contribution in [0.4, 0.5) is 5.95 Å². The smallest absolute Gasteiger partial charge is 0.226 e. The Morgan fingerprint density at radius 3 is 2.43 bits per heavy atom. The van der Waals surface area contributed by atoms with Crippen LogP contribution in [-0.4, -0.2) is 14.8 Å². The average molecular weight is 302 g/mol. The third-order valence-electron chi connectivity index (χ3n) is 4.08. The van der Waals surface area contributed by atoms with Crippen molar-refractivity contribution in [2.75, 3.05) is 5.32 Å². The van der Waals surface area contributed by atoms with Crippen molar-refractivity contribution in [2.45, 2.75) is 19.9 Å². The van der Waals surface area contributed by atoms with Gasteiger partial charge < -0.3 is 5.32 Å². The molecule has 1 N–H and O–H groups in total. The Bertz CT molecular complexity index is 860. The van der Waals surface area contributed by atoms with Gasteiger partial charge >= 0.3 is 0 Å². The van der Waals surface area contributed by atoms with Gasteiger partial charge in [0, 0.05) is 5.70 Å². The number of aryl methyl sites for hydroxylation is 2. The summed E-state index contributed by atoms with van der Waals surface area (Å²) in [5, 5.41) is 7.95. The quantitative estimate of drug-likeness (QED) is 0.779. The van der Waals surface area contributed by atoms with Crippen LogP contribution < -0.4 is 5.32 Å². The molecule has 1 aliphatic rings. The first kappa shape index (κ1) is 13.8. The third kappa shape index (κ3) is 2.52. The summed E-state index contributed by atoms with van der Waals surface area (Å²) in [7, 11) is 0. The molecule has 0 spiro atoms. The van der Waals surface area contributed by atoms with Crippen molar-refractivity contribution in [1.82, 2.24) is 14.8 Å². The standard InChI is InChI=1S/C19H18N4/c1-13-8-10-15(11-9-13)17-12-18(16-6-4-3-5-7-16)23-19(21-17)20-14(2)22-23/h3-12,18H,1-2H3,(H,20,21,22). The largest absolute Gasteiger partial charge is 0.324 e. The van der Waals surface area contributed by atoms with Crippen LogP contribution in [0, 0.1) is 13.8 Å². The number of benzene rings is 2. The summed E-state index contributed by atoms with van der Waals surface area (Å²) < 4.78 is 1.95. The van der Waals surface area contributed by atoms with Crippen molar-refractivity contribution < 1.29 is 0 Å². The molecule has 114 valence electrons. The van der Waals surface area contributed by atoms with Crippen LogP contribution >= 0.6 is 0 Å². The van der Waals surface area contributed by atoms with Crippen molar-refractivity contribution in [3.05, 3.63) is 83.2 Å². The fourth-order valence-electron chi connectivity index (χ4n) is 2.89. The van der Waals surface area contributed by atoms with E-state index in [0.29, 0.717) is 0 Å². The van der Waals surface area contributed by atoms with Gasteiger partial charge in [-0.15, -0.1) is 0 Å². The number of fused-ring (bicyclic) bond motifs is 1. The van der Waals surface area contributed by atoms with Crippen LogP contribution in [-0.2, 0) is 0 Å². The molecular weight excluding hydrogens is 284 g/mol. The van der Waals surface area contributed by atoms with Crippen molar-refractivity contribution in [1.29, 1.82) is 0 Å². The van der Waals surface area contributed by atoms with Gasteiger partial charge in [0.05, 0.1) is 0 Å². The Labute approximate surface area is 135 Å². The Balaban J connectivity index is 1.82. The molecule has 1 aromatic heterocycles. The molecule has 4 nitrogen and oxygen atoms in total. The Kier molecular flexibility index (Phi) is 3.23. The monoisotopic (exact) mass is 302 g/mol. The summed E-state index contributed by atoms with van der Waals surface area (Å²) in [4.78, 5) is 4.52. The molecule has 1 aliphatic heterocycles. The van der Waals surface area contributed by atoms with Crippen LogP contribution in [0.25, 0.3) is 5.70 Å². The van der Waals surface area contributed by atoms with E-state index in [2.05, 4.69) is 76.9 Å². The second kappa shape index (κ2) is 5.39. The summed E-state index contributed by atoms with van der Waals surface area (Å²) in [6.45, 7) is 4.01. The number of hydrogen-bond donors (Lipinski definition) is 1. The zero-order chi connectivity index (χ0) is 15.8. The zero-order valence-corrected chi connectivity index (χ0v) is 13.2. The predicted octanol–water partition coefficient (Wildman–Crippen LogP) is 3.95. The number of nitrogens with zero attached hydrogens (tertiary/aromatic N) is 3. The summed E-state index contributed by atoms with van der Waals surface area (Å²) in [5.74, 6) is 1.56. The topological polar surface area (TPSA) is 42.7 Å². The number of aromatic nitrogens is 3. The minimum absolute atomic E-state index is 0.0463. The van der Waals surface area contributed by atoms with Crippen molar-refractivity contribution in [3.63, 3.8) is 0 Å². The van der Waals surface area contributed by atoms with E-state index in [4.69, 9.17) is 0 Å². The van der Waals surface area contributed by atoms with Gasteiger partial charge in [-0.2, -0.15) is 10.1 Å². The highest BCUT2D eigenvalue weighted by atomic mass is 15.4. The van der Waals surface area contributed by atoms with Gasteiger partial charge in [-0.1, -0.05) is 60.2 Å². The molecule has 0 radical (unpaired) electrons. The zero-order valence-electron chi connectivity index (χ0n) is 13.2. The fraction of sp³-hybridized carbons (Fsp3) is 0.158. The van der Waals surface area contributed by atoms with E-state index in [1.54, 1.807) is 0 Å². The van der Waals surface area contributed by atoms with E-state index in [0.717, 1.165) is 23.0 Å². The van der Waals surface area contributed by atoms with Crippen molar-refractivity contribution in [3.8, 4) is 0 Å². The summed E-state index contributed by atoms with van der Waals surface area (Å²) >= 11 is 0. The van der Waals surface area contributed by atoms with E-state index in [1.807, 2.05) is 17.7 Å². The summed E-state index contributed by atoms with van der Waals surface area (Å²) in [5.41, 5.74) is 4.68. The van der Waals surface area contributed by atoms with E-state index in [1.165, 1.54) is 11.1 Å². The van der Waals surface area contributed by atoms with E-state index in [-0.39, 0.29) is 6.04 Å². The highest BCUT2D eigenvalue weighted by Crippen LogP contribution is 2.32. The number of allylic oxidation sites excluding steroid dienone is 1. The van der Waals surface area contributed by atoms with E-state index >= 15 is 0 Å². The minimum Gasteiger partial charge on any atom is -0.324 e. The molecule has 1 atom stereocenters. The van der Waals surface area contributed by atoms with Gasteiger partial charge in [-0.05, 0) is 31.1 Å². The maximum Gasteiger partial charge on any atom is 0.226 e. The van der Waals surface area contributed by atoms with Crippen molar-refractivity contribution in [2.24, 2.45) is 0 Å². The molecule has 1 unspecified atom stereocenters. The van der Waals surface area contributed by atoms with E-state index < -0.39 is 0 Å². The van der Waals surface area contributed by atoms with Crippen LogP contribution in [0.1, 0.15) is 28.6 Å². The number of anilines is 1. The molecule has 0 amide bonds. The van der Waals surface area contributed by atoms with Crippen LogP contribution in [0.5, 0.6) is 0 Å². The molecule has 4 rings (SSSR count). The molecule has 0 saturated heterocycles. The lowest BCUT2D eigenvalue weighted by molar-refractivity contribution is 0.607. The number of rotatable bonds is 2. The second-order valence-corrected chi connectivity index (χ2v) is 5.85. The van der Waals surface area contributed by atoms with Gasteiger partial charge in [-0.25, -0.2) is 4.68 Å². The molecule has 2 aromatic carbocycles. The maximum atomic E-state index is 4.55. The molecule has 3 aromatic rings. The van der Waals surface area contributed by atoms with E-state index in [9.17, 15) is 0 Å². The minimum atomic E-state index is 0.0463. The molecule has 0 fully saturated rings. The lowest BCUT2D eigenvalue weighted by atomic mass is 10.0. The first-order valence-corrected chi connectivity index (χ1v) is 7.75. The highest BCUT2D eigenvalue weighted by Gasteiger charge is 2.24. The normalized spacial score (nSPS) is 16.4. The Morgan fingerprint density at radius 2 is 1.70 bits per heavy atom. The summed E-state index contributed by atoms with van der Waals surface area (Å²) in [6, 6.07) is 19.0. The Hall–Kier alpha value is -2.88. The number of hydrogen-bond acceptors (Lipinski definition) is 3. The van der Waals surface area contributed by atoms with Crippen LogP contribution in [0.15, 0.2) is 60.7 Å². The molecule has 0 bridgehead atoms. The lowest BCUT2D eigenvalue weighted by Gasteiger charge is -2.24. The first-order chi connectivity index (χ1) is 11.2. The van der Waals surface area contributed by atoms with Crippen molar-refractivity contribution >= 4 is 11.6 Å². The predicted molar refractivity (Wildman–Crippen MR) is 92.1 cm³/mol. The van der Waals surface area contributed by atoms with Gasteiger partial charge in [0.1, 0.15) is 11.9 Å². The van der Waals surface area contributed by atoms with Crippen LogP contribution in [0.3, 0.4) is 0 Å². The van der Waals surface area contributed by atoms with Gasteiger partial charge in [0.2, 0.25) is 5.95 Å². The molecular formula is C19H18N4. The second-order valence-electron chi connectivity index (χ2n) is 5.85. The molecule has 4 heteroatoms. The average Bonchev–Trinajstić information content (AvgIpc) is 2.95. The molecule has 0 aliphatic carbocycles. The number of nitrogens with one attached hydrogen (secondary N) is 1.